The molecule has 2 rings (SSSR count). The number of hydrogen-bond acceptors (Lipinski definition) is 3. The number of nitriles is 1. The van der Waals surface area contributed by atoms with Gasteiger partial charge in [0.15, 0.2) is 0 Å². The normalized spacial score (nSPS) is 21.0. The van der Waals surface area contributed by atoms with E-state index in [0.717, 1.165) is 62.8 Å². The molecular weight excluding hydrogens is 331 g/mol. The number of carbonyl (C=O) groups excluding carboxylic acids is 1. The first-order valence-electron chi connectivity index (χ1n) is 8.33. The number of carbonyl (C=O) groups is 1. The van der Waals surface area contributed by atoms with Crippen LogP contribution in [0.3, 0.4) is 0 Å². The van der Waals surface area contributed by atoms with Crippen molar-refractivity contribution in [3.8, 4) is 6.07 Å². The van der Waals surface area contributed by atoms with Crippen molar-refractivity contribution in [1.29, 1.82) is 5.26 Å². The molecule has 0 radical (unpaired) electrons. The minimum absolute atomic E-state index is 0.136. The highest BCUT2D eigenvalue weighted by atomic mass is 19.4. The van der Waals surface area contributed by atoms with Gasteiger partial charge < -0.3 is 4.74 Å². The summed E-state index contributed by atoms with van der Waals surface area (Å²) >= 11 is 0. The number of esters is 1. The number of ether oxygens (including phenoxy) is 1. The zero-order chi connectivity index (χ0) is 18.3. The maximum absolute atomic E-state index is 12.5. The Morgan fingerprint density at radius 1 is 1.20 bits per heavy atom. The summed E-state index contributed by atoms with van der Waals surface area (Å²) < 4.78 is 43.0. The van der Waals surface area contributed by atoms with Crippen LogP contribution in [0.15, 0.2) is 36.4 Å². The van der Waals surface area contributed by atoms with Gasteiger partial charge in [-0.1, -0.05) is 6.08 Å². The molecule has 0 spiro atoms. The number of allylic oxidation sites excluding steroid dienone is 2. The van der Waals surface area contributed by atoms with Gasteiger partial charge in [0.25, 0.3) is 0 Å². The van der Waals surface area contributed by atoms with Crippen molar-refractivity contribution >= 4 is 5.97 Å². The Bertz CT molecular complexity index is 636. The smallest absolute Gasteiger partial charge is 0.416 e. The van der Waals surface area contributed by atoms with Crippen molar-refractivity contribution < 1.29 is 22.7 Å². The van der Waals surface area contributed by atoms with E-state index >= 15 is 0 Å². The monoisotopic (exact) mass is 351 g/mol. The topological polar surface area (TPSA) is 50.1 Å². The maximum atomic E-state index is 12.5. The lowest BCUT2D eigenvalue weighted by Crippen LogP contribution is -2.24. The maximum Gasteiger partial charge on any atom is 0.416 e. The van der Waals surface area contributed by atoms with Gasteiger partial charge in [-0.2, -0.15) is 18.4 Å². The van der Waals surface area contributed by atoms with Gasteiger partial charge in [-0.3, -0.25) is 0 Å². The van der Waals surface area contributed by atoms with Gasteiger partial charge in [-0.15, -0.1) is 0 Å². The molecule has 0 atom stereocenters. The lowest BCUT2D eigenvalue weighted by Gasteiger charge is -2.28. The first-order valence-corrected chi connectivity index (χ1v) is 8.33. The highest BCUT2D eigenvalue weighted by Gasteiger charge is 2.30. The summed E-state index contributed by atoms with van der Waals surface area (Å²) in [4.78, 5) is 12.1. The molecule has 0 aromatic heterocycles. The average Bonchev–Trinajstić information content (AvgIpc) is 2.59. The molecule has 1 aliphatic carbocycles. The van der Waals surface area contributed by atoms with Crippen molar-refractivity contribution in [3.05, 3.63) is 47.5 Å². The Morgan fingerprint density at radius 3 is 2.40 bits per heavy atom. The minimum atomic E-state index is -4.41. The molecule has 1 aromatic rings. The first-order chi connectivity index (χ1) is 11.9. The van der Waals surface area contributed by atoms with Crippen LogP contribution in [0, 0.1) is 17.2 Å². The van der Waals surface area contributed by atoms with Gasteiger partial charge in [0, 0.05) is 6.08 Å². The predicted molar refractivity (Wildman–Crippen MR) is 86.6 cm³/mol. The summed E-state index contributed by atoms with van der Waals surface area (Å²) in [6, 6.07) is 6.05. The number of rotatable bonds is 5. The number of alkyl halides is 3. The van der Waals surface area contributed by atoms with Gasteiger partial charge in [-0.05, 0) is 68.7 Å². The minimum Gasteiger partial charge on any atom is -0.459 e. The quantitative estimate of drug-likeness (QED) is 0.535. The third-order valence-corrected chi connectivity index (χ3v) is 4.45. The number of nitrogens with zero attached hydrogens (tertiary/aromatic N) is 1. The van der Waals surface area contributed by atoms with E-state index < -0.39 is 17.7 Å². The molecule has 134 valence electrons. The van der Waals surface area contributed by atoms with E-state index in [1.807, 2.05) is 12.1 Å². The van der Waals surface area contributed by atoms with Crippen LogP contribution in [0.4, 0.5) is 13.2 Å². The van der Waals surface area contributed by atoms with Crippen LogP contribution in [-0.2, 0) is 10.9 Å². The molecule has 3 nitrogen and oxygen atoms in total. The predicted octanol–water partition coefficient (Wildman–Crippen LogP) is 5.28. The van der Waals surface area contributed by atoms with Crippen LogP contribution in [-0.4, -0.2) is 12.1 Å². The third-order valence-electron chi connectivity index (χ3n) is 4.45. The van der Waals surface area contributed by atoms with Crippen molar-refractivity contribution in [2.75, 3.05) is 0 Å². The molecule has 0 bridgehead atoms. The van der Waals surface area contributed by atoms with Gasteiger partial charge in [-0.25, -0.2) is 4.79 Å². The van der Waals surface area contributed by atoms with E-state index in [-0.39, 0.29) is 11.7 Å². The Labute approximate surface area is 145 Å². The number of hydrogen-bond donors (Lipinski definition) is 0. The summed E-state index contributed by atoms with van der Waals surface area (Å²) in [5.74, 6) is -0.0153. The third kappa shape index (κ3) is 5.93. The average molecular weight is 351 g/mol. The summed E-state index contributed by atoms with van der Waals surface area (Å²) in [5.41, 5.74) is -0.647. The van der Waals surface area contributed by atoms with E-state index in [1.54, 1.807) is 0 Å². The molecule has 1 aromatic carbocycles. The molecule has 0 heterocycles. The van der Waals surface area contributed by atoms with E-state index in [9.17, 15) is 18.0 Å². The van der Waals surface area contributed by atoms with Gasteiger partial charge in [0.05, 0.1) is 17.2 Å². The fourth-order valence-electron chi connectivity index (χ4n) is 3.02. The van der Waals surface area contributed by atoms with Crippen LogP contribution in [0.5, 0.6) is 0 Å². The highest BCUT2D eigenvalue weighted by molar-refractivity contribution is 5.89. The summed E-state index contributed by atoms with van der Waals surface area (Å²) in [5, 5.41) is 8.43. The fourth-order valence-corrected chi connectivity index (χ4v) is 3.02. The largest absolute Gasteiger partial charge is 0.459 e. The Morgan fingerprint density at radius 2 is 1.84 bits per heavy atom. The first kappa shape index (κ1) is 19.0. The molecule has 0 saturated heterocycles. The lowest BCUT2D eigenvalue weighted by atomic mass is 9.84. The van der Waals surface area contributed by atoms with E-state index in [0.29, 0.717) is 5.92 Å². The zero-order valence-electron chi connectivity index (χ0n) is 13.8. The van der Waals surface area contributed by atoms with Gasteiger partial charge in [0.1, 0.15) is 6.10 Å². The molecule has 1 aliphatic rings. The lowest BCUT2D eigenvalue weighted by molar-refractivity contribution is -0.137. The van der Waals surface area contributed by atoms with Gasteiger partial charge in [0.2, 0.25) is 0 Å². The van der Waals surface area contributed by atoms with Crippen molar-refractivity contribution in [2.24, 2.45) is 5.92 Å². The number of benzene rings is 1. The summed E-state index contributed by atoms with van der Waals surface area (Å²) in [7, 11) is 0. The van der Waals surface area contributed by atoms with Crippen LogP contribution in [0.25, 0.3) is 0 Å². The molecule has 1 saturated carbocycles. The Hall–Kier alpha value is -2.29. The standard InChI is InChI=1S/C19H20F3NO2/c20-19(21,22)16-9-7-15(8-10-16)18(24)25-17-11-5-14(6-12-17)4-2-1-3-13-23/h1,3,7-10,14,17H,2,4-6,11-12H2/b3-1+/t14-,17-. The van der Waals surface area contributed by atoms with E-state index in [4.69, 9.17) is 10.00 Å². The summed E-state index contributed by atoms with van der Waals surface area (Å²) in [6.07, 6.45) is 4.05. The van der Waals surface area contributed by atoms with Crippen molar-refractivity contribution in [1.82, 2.24) is 0 Å². The highest BCUT2D eigenvalue weighted by Crippen LogP contribution is 2.31. The van der Waals surface area contributed by atoms with Crippen LogP contribution < -0.4 is 0 Å². The van der Waals surface area contributed by atoms with Crippen molar-refractivity contribution in [2.45, 2.75) is 50.8 Å². The summed E-state index contributed by atoms with van der Waals surface area (Å²) in [6.45, 7) is 0. The molecule has 0 N–H and O–H groups in total. The molecule has 0 amide bonds. The van der Waals surface area contributed by atoms with E-state index in [2.05, 4.69) is 0 Å². The second-order valence-electron chi connectivity index (χ2n) is 6.23. The SMILES string of the molecule is N#C/C=C/CC[C@H]1CC[C@H](OC(=O)c2ccc(C(F)(F)F)cc2)CC1. The zero-order valence-corrected chi connectivity index (χ0v) is 13.8. The van der Waals surface area contributed by atoms with Gasteiger partial charge >= 0.3 is 12.1 Å². The Balaban J connectivity index is 1.78. The van der Waals surface area contributed by atoms with E-state index in [1.165, 1.54) is 6.08 Å². The fraction of sp³-hybridized carbons (Fsp3) is 0.474. The molecular formula is C19H20F3NO2. The van der Waals surface area contributed by atoms with Crippen LogP contribution in [0.2, 0.25) is 0 Å². The molecule has 1 fully saturated rings. The van der Waals surface area contributed by atoms with Crippen LogP contribution in [0.1, 0.15) is 54.4 Å². The second-order valence-corrected chi connectivity index (χ2v) is 6.23. The molecule has 6 heteroatoms. The molecule has 0 unspecified atom stereocenters. The van der Waals surface area contributed by atoms with Crippen molar-refractivity contribution in [3.63, 3.8) is 0 Å². The number of halogens is 3. The Kier molecular flexibility index (Phi) is 6.63. The molecule has 0 aliphatic heterocycles. The molecule has 25 heavy (non-hydrogen) atoms. The van der Waals surface area contributed by atoms with Crippen LogP contribution >= 0.6 is 0 Å². The second kappa shape index (κ2) is 8.70.